The van der Waals surface area contributed by atoms with Gasteiger partial charge in [-0.3, -0.25) is 10.1 Å². The molecule has 1 atom stereocenters. The van der Waals surface area contributed by atoms with Gasteiger partial charge in [-0.05, 0) is 27.1 Å². The number of rotatable bonds is 1. The SMILES string of the molecule is CC.CN(C)C1CCNC1.O=C1CNCN1. The lowest BCUT2D eigenvalue weighted by Crippen LogP contribution is -2.29. The van der Waals surface area contributed by atoms with Crippen LogP contribution in [-0.2, 0) is 4.79 Å². The molecule has 1 amide bonds. The van der Waals surface area contributed by atoms with E-state index in [0.29, 0.717) is 13.2 Å². The third-order valence-corrected chi connectivity index (χ3v) is 2.46. The minimum absolute atomic E-state index is 0.0926. The van der Waals surface area contributed by atoms with Gasteiger partial charge in [0.1, 0.15) is 0 Å². The minimum atomic E-state index is 0.0926. The van der Waals surface area contributed by atoms with E-state index < -0.39 is 0 Å². The molecule has 1 unspecified atom stereocenters. The summed E-state index contributed by atoms with van der Waals surface area (Å²) in [5, 5.41) is 8.69. The van der Waals surface area contributed by atoms with E-state index in [1.165, 1.54) is 19.5 Å². The van der Waals surface area contributed by atoms with Crippen molar-refractivity contribution in [1.29, 1.82) is 0 Å². The highest BCUT2D eigenvalue weighted by Gasteiger charge is 2.14. The Morgan fingerprint density at radius 1 is 1.25 bits per heavy atom. The van der Waals surface area contributed by atoms with Crippen molar-refractivity contribution in [3.63, 3.8) is 0 Å². The second-order valence-corrected chi connectivity index (χ2v) is 3.81. The van der Waals surface area contributed by atoms with Gasteiger partial charge in [-0.1, -0.05) is 13.8 Å². The van der Waals surface area contributed by atoms with Crippen molar-refractivity contribution in [2.45, 2.75) is 26.3 Å². The van der Waals surface area contributed by atoms with Crippen LogP contribution >= 0.6 is 0 Å². The third kappa shape index (κ3) is 6.76. The standard InChI is InChI=1S/C6H14N2.C3H6N2O.C2H6/c1-8(2)6-3-4-7-5-6;6-3-1-4-2-5-3;1-2/h6-7H,3-5H2,1-2H3;4H,1-2H2,(H,5,6);1-2H3. The maximum absolute atomic E-state index is 10.1. The van der Waals surface area contributed by atoms with Gasteiger partial charge in [-0.15, -0.1) is 0 Å². The molecular weight excluding hydrogens is 204 g/mol. The highest BCUT2D eigenvalue weighted by molar-refractivity contribution is 5.79. The molecule has 5 heteroatoms. The van der Waals surface area contributed by atoms with Crippen LogP contribution in [0, 0.1) is 0 Å². The van der Waals surface area contributed by atoms with Crippen LogP contribution < -0.4 is 16.0 Å². The van der Waals surface area contributed by atoms with Crippen molar-refractivity contribution >= 4 is 5.91 Å². The van der Waals surface area contributed by atoms with Gasteiger partial charge in [0.05, 0.1) is 13.2 Å². The van der Waals surface area contributed by atoms with Crippen LogP contribution in [0.3, 0.4) is 0 Å². The normalized spacial score (nSPS) is 23.1. The topological polar surface area (TPSA) is 56.4 Å². The Morgan fingerprint density at radius 2 is 1.94 bits per heavy atom. The Bertz CT molecular complexity index is 171. The van der Waals surface area contributed by atoms with Crippen molar-refractivity contribution in [3.8, 4) is 0 Å². The van der Waals surface area contributed by atoms with Gasteiger partial charge >= 0.3 is 0 Å². The van der Waals surface area contributed by atoms with Crippen LogP contribution in [0.15, 0.2) is 0 Å². The molecule has 96 valence electrons. The van der Waals surface area contributed by atoms with Gasteiger partial charge in [-0.25, -0.2) is 0 Å². The summed E-state index contributed by atoms with van der Waals surface area (Å²) in [5.41, 5.74) is 0. The molecule has 0 bridgehead atoms. The van der Waals surface area contributed by atoms with Gasteiger partial charge in [0.15, 0.2) is 0 Å². The number of amides is 1. The average Bonchev–Trinajstić information content (AvgIpc) is 2.93. The van der Waals surface area contributed by atoms with E-state index in [1.807, 2.05) is 13.8 Å². The predicted octanol–water partition coefficient (Wildman–Crippen LogP) is -0.401. The van der Waals surface area contributed by atoms with Crippen LogP contribution in [0.2, 0.25) is 0 Å². The summed E-state index contributed by atoms with van der Waals surface area (Å²) in [6, 6.07) is 0.787. The van der Waals surface area contributed by atoms with Gasteiger partial charge in [0.2, 0.25) is 5.91 Å². The molecule has 3 N–H and O–H groups in total. The van der Waals surface area contributed by atoms with Gasteiger partial charge in [0, 0.05) is 12.6 Å². The Kier molecular flexibility index (Phi) is 9.18. The first-order valence-corrected chi connectivity index (χ1v) is 6.04. The summed E-state index contributed by atoms with van der Waals surface area (Å²) in [5.74, 6) is 0.0926. The summed E-state index contributed by atoms with van der Waals surface area (Å²) < 4.78 is 0. The molecular formula is C11H26N4O. The number of hydrogen-bond donors (Lipinski definition) is 3. The van der Waals surface area contributed by atoms with Crippen molar-refractivity contribution in [2.75, 3.05) is 40.4 Å². The molecule has 2 saturated heterocycles. The van der Waals surface area contributed by atoms with Crippen LogP contribution in [0.5, 0.6) is 0 Å². The zero-order chi connectivity index (χ0) is 12.4. The Balaban J connectivity index is 0.000000251. The highest BCUT2D eigenvalue weighted by Crippen LogP contribution is 2.01. The number of carbonyl (C=O) groups excluding carboxylic acids is 1. The Hall–Kier alpha value is -0.650. The summed E-state index contributed by atoms with van der Waals surface area (Å²) in [4.78, 5) is 12.3. The first kappa shape index (κ1) is 15.3. The third-order valence-electron chi connectivity index (χ3n) is 2.46. The van der Waals surface area contributed by atoms with Crippen LogP contribution in [0.1, 0.15) is 20.3 Å². The molecule has 0 aromatic carbocycles. The number of hydrogen-bond acceptors (Lipinski definition) is 4. The maximum Gasteiger partial charge on any atom is 0.235 e. The quantitative estimate of drug-likeness (QED) is 0.574. The summed E-state index contributed by atoms with van der Waals surface area (Å²) in [7, 11) is 4.27. The lowest BCUT2D eigenvalue weighted by Gasteiger charge is -2.16. The number of nitrogens with zero attached hydrogens (tertiary/aromatic N) is 1. The second-order valence-electron chi connectivity index (χ2n) is 3.81. The summed E-state index contributed by atoms with van der Waals surface area (Å²) in [6.07, 6.45) is 1.31. The number of likely N-dealkylation sites (N-methyl/N-ethyl adjacent to an activating group) is 1. The maximum atomic E-state index is 10.1. The second kappa shape index (κ2) is 9.57. The molecule has 0 aromatic rings. The Morgan fingerprint density at radius 3 is 2.12 bits per heavy atom. The van der Waals surface area contributed by atoms with E-state index in [2.05, 4.69) is 34.9 Å². The average molecular weight is 230 g/mol. The number of nitrogens with one attached hydrogen (secondary N) is 3. The molecule has 5 nitrogen and oxygen atoms in total. The molecule has 2 fully saturated rings. The van der Waals surface area contributed by atoms with Crippen molar-refractivity contribution < 1.29 is 4.79 Å². The smallest absolute Gasteiger partial charge is 0.235 e. The first-order valence-electron chi connectivity index (χ1n) is 6.04. The van der Waals surface area contributed by atoms with E-state index >= 15 is 0 Å². The monoisotopic (exact) mass is 230 g/mol. The van der Waals surface area contributed by atoms with E-state index in [0.717, 1.165) is 6.04 Å². The molecule has 2 heterocycles. The molecule has 16 heavy (non-hydrogen) atoms. The molecule has 0 aromatic heterocycles. The zero-order valence-electron chi connectivity index (χ0n) is 11.0. The lowest BCUT2D eigenvalue weighted by molar-refractivity contribution is -0.118. The zero-order valence-corrected chi connectivity index (χ0v) is 11.0. The fourth-order valence-electron chi connectivity index (χ4n) is 1.48. The minimum Gasteiger partial charge on any atom is -0.342 e. The van der Waals surface area contributed by atoms with E-state index in [4.69, 9.17) is 0 Å². The first-order chi connectivity index (χ1) is 7.70. The van der Waals surface area contributed by atoms with Crippen LogP contribution in [0.4, 0.5) is 0 Å². The van der Waals surface area contributed by atoms with Crippen LogP contribution in [0.25, 0.3) is 0 Å². The van der Waals surface area contributed by atoms with E-state index in [9.17, 15) is 4.79 Å². The van der Waals surface area contributed by atoms with Crippen molar-refractivity contribution in [2.24, 2.45) is 0 Å². The Labute approximate surface area is 99.0 Å². The number of carbonyl (C=O) groups is 1. The van der Waals surface area contributed by atoms with Crippen molar-refractivity contribution in [3.05, 3.63) is 0 Å². The van der Waals surface area contributed by atoms with Gasteiger partial charge in [0.25, 0.3) is 0 Å². The molecule has 0 spiro atoms. The summed E-state index contributed by atoms with van der Waals surface area (Å²) >= 11 is 0. The predicted molar refractivity (Wildman–Crippen MR) is 67.3 cm³/mol. The van der Waals surface area contributed by atoms with Crippen LogP contribution in [-0.4, -0.2) is 57.2 Å². The molecule has 0 radical (unpaired) electrons. The van der Waals surface area contributed by atoms with Gasteiger partial charge < -0.3 is 15.5 Å². The molecule has 0 saturated carbocycles. The van der Waals surface area contributed by atoms with E-state index in [-0.39, 0.29) is 5.91 Å². The largest absolute Gasteiger partial charge is 0.342 e. The highest BCUT2D eigenvalue weighted by atomic mass is 16.2. The lowest BCUT2D eigenvalue weighted by atomic mass is 10.2. The van der Waals surface area contributed by atoms with Crippen molar-refractivity contribution in [1.82, 2.24) is 20.9 Å². The summed E-state index contributed by atoms with van der Waals surface area (Å²) in [6.45, 7) is 7.49. The fraction of sp³-hybridized carbons (Fsp3) is 0.909. The molecule has 2 aliphatic heterocycles. The molecule has 0 aliphatic carbocycles. The molecule has 2 rings (SSSR count). The van der Waals surface area contributed by atoms with Gasteiger partial charge in [-0.2, -0.15) is 0 Å². The fourth-order valence-corrected chi connectivity index (χ4v) is 1.48. The van der Waals surface area contributed by atoms with E-state index in [1.54, 1.807) is 0 Å². The molecule has 2 aliphatic rings.